The van der Waals surface area contributed by atoms with E-state index in [1.54, 1.807) is 11.3 Å². The molecular weight excluding hydrogens is 410 g/mol. The monoisotopic (exact) mass is 441 g/mol. The summed E-state index contributed by atoms with van der Waals surface area (Å²) in [6.45, 7) is 7.08. The number of thiophene rings is 1. The minimum absolute atomic E-state index is 0.0549. The average Bonchev–Trinajstić information content (AvgIpc) is 3.13. The number of esters is 1. The molecule has 1 aromatic heterocycles. The largest absolute Gasteiger partial charge is 0.462 e. The molecule has 0 radical (unpaired) electrons. The number of ether oxygens (including phenoxy) is 1. The molecule has 0 unspecified atom stereocenters. The Labute approximate surface area is 188 Å². The van der Waals surface area contributed by atoms with Crippen LogP contribution >= 0.6 is 11.3 Å². The molecule has 0 saturated carbocycles. The SMILES string of the molecule is CCOC(=O)c1c(NC(=O)CN2CCN(Cc3ccccc3)CC2)sc2c1CCCC2. The standard InChI is InChI=1S/C24H31N3O3S/c1-2-30-24(29)22-19-10-6-7-11-20(19)31-23(22)25-21(28)17-27-14-12-26(13-15-27)16-18-8-4-3-5-9-18/h3-5,8-9H,2,6-7,10-17H2,1H3,(H,25,28). The van der Waals surface area contributed by atoms with Crippen LogP contribution in [0.5, 0.6) is 0 Å². The number of benzene rings is 1. The second-order valence-electron chi connectivity index (χ2n) is 8.22. The topological polar surface area (TPSA) is 61.9 Å². The fraction of sp³-hybridized carbons (Fsp3) is 0.500. The summed E-state index contributed by atoms with van der Waals surface area (Å²) >= 11 is 1.55. The molecule has 166 valence electrons. The Bertz CT molecular complexity index is 904. The molecule has 1 aliphatic heterocycles. The van der Waals surface area contributed by atoms with Crippen molar-refractivity contribution in [1.29, 1.82) is 0 Å². The zero-order valence-corrected chi connectivity index (χ0v) is 19.0. The Morgan fingerprint density at radius 1 is 1.03 bits per heavy atom. The van der Waals surface area contributed by atoms with Gasteiger partial charge in [0.25, 0.3) is 0 Å². The third-order valence-electron chi connectivity index (χ3n) is 5.98. The summed E-state index contributed by atoms with van der Waals surface area (Å²) in [4.78, 5) is 31.2. The fourth-order valence-corrected chi connectivity index (χ4v) is 5.68. The van der Waals surface area contributed by atoms with Crippen molar-refractivity contribution in [3.05, 3.63) is 51.9 Å². The number of amides is 1. The van der Waals surface area contributed by atoms with Gasteiger partial charge in [-0.05, 0) is 43.7 Å². The third kappa shape index (κ3) is 5.53. The van der Waals surface area contributed by atoms with Crippen LogP contribution in [0.2, 0.25) is 0 Å². The van der Waals surface area contributed by atoms with E-state index >= 15 is 0 Å². The lowest BCUT2D eigenvalue weighted by Gasteiger charge is -2.34. The molecule has 2 heterocycles. The van der Waals surface area contributed by atoms with Crippen LogP contribution in [0, 0.1) is 0 Å². The summed E-state index contributed by atoms with van der Waals surface area (Å²) in [5.41, 5.74) is 2.99. The molecule has 1 aromatic carbocycles. The zero-order valence-electron chi connectivity index (χ0n) is 18.2. The van der Waals surface area contributed by atoms with Crippen LogP contribution in [-0.4, -0.2) is 61.0 Å². The molecule has 6 nitrogen and oxygen atoms in total. The van der Waals surface area contributed by atoms with Gasteiger partial charge in [0.1, 0.15) is 5.00 Å². The number of rotatable bonds is 7. The number of fused-ring (bicyclic) bond motifs is 1. The number of aryl methyl sites for hydroxylation is 1. The first-order chi connectivity index (χ1) is 15.1. The molecule has 1 saturated heterocycles. The summed E-state index contributed by atoms with van der Waals surface area (Å²) in [5.74, 6) is -0.368. The van der Waals surface area contributed by atoms with E-state index in [0.29, 0.717) is 23.7 Å². The van der Waals surface area contributed by atoms with Crippen LogP contribution in [0.4, 0.5) is 5.00 Å². The fourth-order valence-electron chi connectivity index (χ4n) is 4.39. The van der Waals surface area contributed by atoms with Crippen LogP contribution in [-0.2, 0) is 28.9 Å². The van der Waals surface area contributed by atoms with Gasteiger partial charge in [0.05, 0.1) is 18.7 Å². The molecule has 2 aromatic rings. The van der Waals surface area contributed by atoms with E-state index in [0.717, 1.165) is 64.0 Å². The highest BCUT2D eigenvalue weighted by Gasteiger charge is 2.28. The highest BCUT2D eigenvalue weighted by Crippen LogP contribution is 2.38. The van der Waals surface area contributed by atoms with Gasteiger partial charge >= 0.3 is 5.97 Å². The van der Waals surface area contributed by atoms with Gasteiger partial charge in [0.15, 0.2) is 0 Å². The lowest BCUT2D eigenvalue weighted by molar-refractivity contribution is -0.117. The van der Waals surface area contributed by atoms with Crippen molar-refractivity contribution >= 4 is 28.2 Å². The quantitative estimate of drug-likeness (QED) is 0.666. The Morgan fingerprint density at radius 3 is 2.48 bits per heavy atom. The van der Waals surface area contributed by atoms with Crippen molar-refractivity contribution in [2.24, 2.45) is 0 Å². The van der Waals surface area contributed by atoms with Crippen LogP contribution in [0.3, 0.4) is 0 Å². The van der Waals surface area contributed by atoms with E-state index in [1.165, 1.54) is 10.4 Å². The highest BCUT2D eigenvalue weighted by molar-refractivity contribution is 7.17. The van der Waals surface area contributed by atoms with E-state index in [2.05, 4.69) is 39.4 Å². The van der Waals surface area contributed by atoms with Gasteiger partial charge in [-0.25, -0.2) is 4.79 Å². The van der Waals surface area contributed by atoms with Crippen molar-refractivity contribution in [2.45, 2.75) is 39.2 Å². The number of hydrogen-bond donors (Lipinski definition) is 1. The Hall–Kier alpha value is -2.22. The number of hydrogen-bond acceptors (Lipinski definition) is 6. The van der Waals surface area contributed by atoms with Gasteiger partial charge < -0.3 is 10.1 Å². The highest BCUT2D eigenvalue weighted by atomic mass is 32.1. The van der Waals surface area contributed by atoms with Gasteiger partial charge in [-0.3, -0.25) is 14.6 Å². The third-order valence-corrected chi connectivity index (χ3v) is 7.19. The van der Waals surface area contributed by atoms with Crippen molar-refractivity contribution in [1.82, 2.24) is 9.80 Å². The molecular formula is C24H31N3O3S. The van der Waals surface area contributed by atoms with Crippen molar-refractivity contribution in [2.75, 3.05) is 44.6 Å². The van der Waals surface area contributed by atoms with Crippen LogP contribution in [0.25, 0.3) is 0 Å². The molecule has 2 aliphatic rings. The van der Waals surface area contributed by atoms with Crippen molar-refractivity contribution in [3.63, 3.8) is 0 Å². The number of nitrogens with zero attached hydrogens (tertiary/aromatic N) is 2. The summed E-state index contributed by atoms with van der Waals surface area (Å²) < 4.78 is 5.29. The molecule has 1 amide bonds. The predicted octanol–water partition coefficient (Wildman–Crippen LogP) is 3.56. The first-order valence-electron chi connectivity index (χ1n) is 11.2. The van der Waals surface area contributed by atoms with E-state index in [1.807, 2.05) is 13.0 Å². The van der Waals surface area contributed by atoms with E-state index < -0.39 is 0 Å². The molecule has 0 spiro atoms. The maximum atomic E-state index is 12.8. The summed E-state index contributed by atoms with van der Waals surface area (Å²) in [6.07, 6.45) is 4.08. The van der Waals surface area contributed by atoms with E-state index in [-0.39, 0.29) is 11.9 Å². The van der Waals surface area contributed by atoms with Gasteiger partial charge in [0.2, 0.25) is 5.91 Å². The Balaban J connectivity index is 1.33. The van der Waals surface area contributed by atoms with Crippen LogP contribution in [0.15, 0.2) is 30.3 Å². The number of nitrogens with one attached hydrogen (secondary N) is 1. The minimum atomic E-state index is -0.313. The first-order valence-corrected chi connectivity index (χ1v) is 12.1. The molecule has 1 N–H and O–H groups in total. The number of piperazine rings is 1. The number of anilines is 1. The van der Waals surface area contributed by atoms with Crippen LogP contribution in [0.1, 0.15) is 46.1 Å². The lowest BCUT2D eigenvalue weighted by atomic mass is 9.95. The molecule has 0 atom stereocenters. The van der Waals surface area contributed by atoms with E-state index in [4.69, 9.17) is 4.74 Å². The molecule has 7 heteroatoms. The normalized spacial score (nSPS) is 17.2. The molecule has 0 bridgehead atoms. The molecule has 1 fully saturated rings. The molecule has 4 rings (SSSR count). The summed E-state index contributed by atoms with van der Waals surface area (Å²) in [6, 6.07) is 10.5. The average molecular weight is 442 g/mol. The summed E-state index contributed by atoms with van der Waals surface area (Å²) in [7, 11) is 0. The number of carbonyl (C=O) groups excluding carboxylic acids is 2. The summed E-state index contributed by atoms with van der Waals surface area (Å²) in [5, 5.41) is 3.69. The Morgan fingerprint density at radius 2 is 1.74 bits per heavy atom. The predicted molar refractivity (Wildman–Crippen MR) is 124 cm³/mol. The van der Waals surface area contributed by atoms with E-state index in [9.17, 15) is 9.59 Å². The van der Waals surface area contributed by atoms with Gasteiger partial charge in [-0.1, -0.05) is 30.3 Å². The van der Waals surface area contributed by atoms with Gasteiger partial charge in [-0.2, -0.15) is 0 Å². The molecule has 1 aliphatic carbocycles. The second kappa shape index (κ2) is 10.4. The maximum Gasteiger partial charge on any atom is 0.341 e. The second-order valence-corrected chi connectivity index (χ2v) is 9.33. The Kier molecular flexibility index (Phi) is 7.37. The van der Waals surface area contributed by atoms with Gasteiger partial charge in [0, 0.05) is 37.6 Å². The van der Waals surface area contributed by atoms with Crippen molar-refractivity contribution in [3.8, 4) is 0 Å². The molecule has 31 heavy (non-hydrogen) atoms. The smallest absolute Gasteiger partial charge is 0.341 e. The van der Waals surface area contributed by atoms with Gasteiger partial charge in [-0.15, -0.1) is 11.3 Å². The van der Waals surface area contributed by atoms with Crippen molar-refractivity contribution < 1.29 is 14.3 Å². The minimum Gasteiger partial charge on any atom is -0.462 e. The zero-order chi connectivity index (χ0) is 21.6. The first kappa shape index (κ1) is 22.0. The van der Waals surface area contributed by atoms with Crippen LogP contribution < -0.4 is 5.32 Å². The number of carbonyl (C=O) groups is 2. The lowest BCUT2D eigenvalue weighted by Crippen LogP contribution is -2.48. The maximum absolute atomic E-state index is 12.8.